The van der Waals surface area contributed by atoms with Crippen LogP contribution in [0.25, 0.3) is 44.1 Å². The second-order valence-corrected chi connectivity index (χ2v) is 6.24. The van der Waals surface area contributed by atoms with E-state index >= 15 is 0 Å². The van der Waals surface area contributed by atoms with Crippen LogP contribution in [0.5, 0.6) is 0 Å². The number of aromatic nitrogens is 1. The van der Waals surface area contributed by atoms with E-state index in [4.69, 9.17) is 21.0 Å². The molecule has 0 spiro atoms. The van der Waals surface area contributed by atoms with Crippen molar-refractivity contribution in [2.24, 2.45) is 0 Å². The van der Waals surface area contributed by atoms with E-state index in [0.717, 1.165) is 27.4 Å². The molecule has 0 aliphatic carbocycles. The lowest BCUT2D eigenvalue weighted by Crippen LogP contribution is -1.80. The van der Waals surface area contributed by atoms with E-state index in [2.05, 4.69) is 24.3 Å². The van der Waals surface area contributed by atoms with Gasteiger partial charge in [-0.05, 0) is 40.4 Å². The van der Waals surface area contributed by atoms with E-state index in [1.54, 1.807) is 0 Å². The maximum atomic E-state index is 6.39. The molecule has 2 nitrogen and oxygen atoms in total. The van der Waals surface area contributed by atoms with Crippen LogP contribution in [-0.4, -0.2) is 4.98 Å². The van der Waals surface area contributed by atoms with Crippen LogP contribution in [0.2, 0.25) is 5.02 Å². The molecule has 0 aliphatic heterocycles. The number of halogens is 1. The quantitative estimate of drug-likeness (QED) is 0.353. The molecular weight excluding hydrogens is 318 g/mol. The van der Waals surface area contributed by atoms with Crippen LogP contribution in [0.1, 0.15) is 0 Å². The third kappa shape index (κ3) is 2.00. The van der Waals surface area contributed by atoms with E-state index in [1.165, 1.54) is 10.8 Å². The highest BCUT2D eigenvalue weighted by molar-refractivity contribution is 6.37. The lowest BCUT2D eigenvalue weighted by Gasteiger charge is -1.99. The summed E-state index contributed by atoms with van der Waals surface area (Å²) in [6, 6.07) is 24.3. The monoisotopic (exact) mass is 329 g/mol. The molecule has 0 aliphatic rings. The summed E-state index contributed by atoms with van der Waals surface area (Å²) in [4.78, 5) is 4.73. The van der Waals surface area contributed by atoms with Gasteiger partial charge in [-0.25, -0.2) is 4.98 Å². The molecule has 0 atom stereocenters. The molecule has 0 N–H and O–H groups in total. The fourth-order valence-corrected chi connectivity index (χ4v) is 3.44. The van der Waals surface area contributed by atoms with Crippen molar-refractivity contribution in [3.63, 3.8) is 0 Å². The lowest BCUT2D eigenvalue weighted by molar-refractivity contribution is 0.620. The zero-order valence-electron chi connectivity index (χ0n) is 12.7. The van der Waals surface area contributed by atoms with Crippen LogP contribution in [0, 0.1) is 0 Å². The summed E-state index contributed by atoms with van der Waals surface area (Å²) in [5, 5.41) is 5.06. The molecular formula is C21H12ClNO. The SMILES string of the molecule is Clc1cccc2ccc3oc(-c4ccc5ccccc5c4)nc3c12. The zero-order valence-corrected chi connectivity index (χ0v) is 13.4. The van der Waals surface area contributed by atoms with E-state index < -0.39 is 0 Å². The van der Waals surface area contributed by atoms with Crippen LogP contribution in [0.4, 0.5) is 0 Å². The Hall–Kier alpha value is -2.84. The number of rotatable bonds is 1. The van der Waals surface area contributed by atoms with Gasteiger partial charge in [0.2, 0.25) is 5.89 Å². The summed E-state index contributed by atoms with van der Waals surface area (Å²) in [5.41, 5.74) is 2.52. The minimum absolute atomic E-state index is 0.614. The topological polar surface area (TPSA) is 26.0 Å². The molecule has 0 fully saturated rings. The highest BCUT2D eigenvalue weighted by Crippen LogP contribution is 2.34. The molecule has 0 saturated carbocycles. The summed E-state index contributed by atoms with van der Waals surface area (Å²) in [7, 11) is 0. The smallest absolute Gasteiger partial charge is 0.227 e. The Morgan fingerprint density at radius 3 is 2.46 bits per heavy atom. The van der Waals surface area contributed by atoms with Gasteiger partial charge in [0, 0.05) is 10.9 Å². The van der Waals surface area contributed by atoms with Gasteiger partial charge in [0.1, 0.15) is 5.52 Å². The molecule has 0 saturated heterocycles. The Labute approximate surface area is 143 Å². The summed E-state index contributed by atoms with van der Waals surface area (Å²) in [6.07, 6.45) is 0. The molecule has 5 rings (SSSR count). The fourth-order valence-electron chi connectivity index (χ4n) is 3.16. The average Bonchev–Trinajstić information content (AvgIpc) is 3.05. The van der Waals surface area contributed by atoms with Gasteiger partial charge in [-0.1, -0.05) is 60.1 Å². The van der Waals surface area contributed by atoms with Crippen LogP contribution in [-0.2, 0) is 0 Å². The molecule has 0 unspecified atom stereocenters. The van der Waals surface area contributed by atoms with Crippen LogP contribution in [0.3, 0.4) is 0 Å². The Bertz CT molecular complexity index is 1220. The fraction of sp³-hybridized carbons (Fsp3) is 0. The Balaban J connectivity index is 1.78. The highest BCUT2D eigenvalue weighted by atomic mass is 35.5. The van der Waals surface area contributed by atoms with Crippen molar-refractivity contribution >= 4 is 44.2 Å². The van der Waals surface area contributed by atoms with Crippen molar-refractivity contribution in [2.45, 2.75) is 0 Å². The zero-order chi connectivity index (χ0) is 16.1. The molecule has 1 aromatic heterocycles. The average molecular weight is 330 g/mol. The first-order valence-corrected chi connectivity index (χ1v) is 8.14. The summed E-state index contributed by atoms with van der Waals surface area (Å²) < 4.78 is 6.00. The van der Waals surface area contributed by atoms with E-state index in [9.17, 15) is 0 Å². The Morgan fingerprint density at radius 1 is 0.750 bits per heavy atom. The van der Waals surface area contributed by atoms with Crippen molar-refractivity contribution < 1.29 is 4.42 Å². The standard InChI is InChI=1S/C21H12ClNO/c22-17-7-3-6-14-10-11-18-20(19(14)17)23-21(24-18)16-9-8-13-4-1-2-5-15(13)12-16/h1-12H. The first-order valence-electron chi connectivity index (χ1n) is 7.76. The minimum Gasteiger partial charge on any atom is -0.436 e. The summed E-state index contributed by atoms with van der Waals surface area (Å²) in [5.74, 6) is 0.614. The summed E-state index contributed by atoms with van der Waals surface area (Å²) in [6.45, 7) is 0. The van der Waals surface area contributed by atoms with E-state index in [0.29, 0.717) is 10.9 Å². The maximum Gasteiger partial charge on any atom is 0.227 e. The number of nitrogens with zero attached hydrogens (tertiary/aromatic N) is 1. The van der Waals surface area contributed by atoms with Crippen molar-refractivity contribution in [3.05, 3.63) is 77.8 Å². The summed E-state index contributed by atoms with van der Waals surface area (Å²) >= 11 is 6.39. The molecule has 4 aromatic carbocycles. The predicted octanol–water partition coefficient (Wildman–Crippen LogP) is 6.45. The number of oxazole rings is 1. The first-order chi connectivity index (χ1) is 11.8. The van der Waals surface area contributed by atoms with Crippen molar-refractivity contribution in [3.8, 4) is 11.5 Å². The predicted molar refractivity (Wildman–Crippen MR) is 99.5 cm³/mol. The number of benzene rings is 4. The molecule has 0 amide bonds. The van der Waals surface area contributed by atoms with Crippen LogP contribution in [0.15, 0.2) is 77.2 Å². The highest BCUT2D eigenvalue weighted by Gasteiger charge is 2.13. The van der Waals surface area contributed by atoms with Gasteiger partial charge >= 0.3 is 0 Å². The van der Waals surface area contributed by atoms with Crippen molar-refractivity contribution in [1.29, 1.82) is 0 Å². The number of fused-ring (bicyclic) bond motifs is 4. The van der Waals surface area contributed by atoms with Gasteiger partial charge in [0.05, 0.1) is 5.02 Å². The maximum absolute atomic E-state index is 6.39. The Morgan fingerprint density at radius 2 is 1.54 bits per heavy atom. The molecule has 1 heterocycles. The minimum atomic E-state index is 0.614. The third-order valence-corrected chi connectivity index (χ3v) is 4.66. The van der Waals surface area contributed by atoms with E-state index in [1.807, 2.05) is 48.5 Å². The van der Waals surface area contributed by atoms with Gasteiger partial charge in [0.15, 0.2) is 5.58 Å². The van der Waals surface area contributed by atoms with Gasteiger partial charge in [-0.2, -0.15) is 0 Å². The second kappa shape index (κ2) is 5.08. The number of hydrogen-bond donors (Lipinski definition) is 0. The molecule has 24 heavy (non-hydrogen) atoms. The van der Waals surface area contributed by atoms with Crippen LogP contribution < -0.4 is 0 Å². The second-order valence-electron chi connectivity index (χ2n) is 5.83. The first kappa shape index (κ1) is 13.6. The van der Waals surface area contributed by atoms with Gasteiger partial charge in [-0.15, -0.1) is 0 Å². The molecule has 0 bridgehead atoms. The van der Waals surface area contributed by atoms with E-state index in [-0.39, 0.29) is 0 Å². The largest absolute Gasteiger partial charge is 0.436 e. The van der Waals surface area contributed by atoms with Gasteiger partial charge in [0.25, 0.3) is 0 Å². The molecule has 0 radical (unpaired) electrons. The Kier molecular flexibility index (Phi) is 2.88. The third-order valence-electron chi connectivity index (χ3n) is 4.35. The molecule has 3 heteroatoms. The molecule has 114 valence electrons. The lowest BCUT2D eigenvalue weighted by atomic mass is 10.1. The molecule has 5 aromatic rings. The number of hydrogen-bond acceptors (Lipinski definition) is 2. The normalized spacial score (nSPS) is 11.5. The van der Waals surface area contributed by atoms with Crippen LogP contribution >= 0.6 is 11.6 Å². The van der Waals surface area contributed by atoms with Gasteiger partial charge < -0.3 is 4.42 Å². The van der Waals surface area contributed by atoms with Crippen molar-refractivity contribution in [2.75, 3.05) is 0 Å². The van der Waals surface area contributed by atoms with Crippen molar-refractivity contribution in [1.82, 2.24) is 4.98 Å². The van der Waals surface area contributed by atoms with Gasteiger partial charge in [-0.3, -0.25) is 0 Å².